The summed E-state index contributed by atoms with van der Waals surface area (Å²) in [4.78, 5) is 2.47. The number of benzene rings is 8. The number of hydrogen-bond acceptors (Lipinski definition) is 2. The zero-order chi connectivity index (χ0) is 35.5. The lowest BCUT2D eigenvalue weighted by atomic mass is 9.82. The van der Waals surface area contributed by atoms with Crippen molar-refractivity contribution in [2.24, 2.45) is 0 Å². The van der Waals surface area contributed by atoms with E-state index in [1.54, 1.807) is 0 Å². The van der Waals surface area contributed by atoms with E-state index in [4.69, 9.17) is 0 Å². The van der Waals surface area contributed by atoms with E-state index >= 15 is 0 Å². The zero-order valence-electron chi connectivity index (χ0n) is 29.8. The van der Waals surface area contributed by atoms with E-state index in [0.717, 1.165) is 17.1 Å². The van der Waals surface area contributed by atoms with Gasteiger partial charge in [-0.3, -0.25) is 0 Å². The molecule has 0 saturated carbocycles. The Morgan fingerprint density at radius 1 is 0.396 bits per heavy atom. The molecule has 0 atom stereocenters. The van der Waals surface area contributed by atoms with Gasteiger partial charge < -0.3 is 4.90 Å². The van der Waals surface area contributed by atoms with Crippen molar-refractivity contribution >= 4 is 48.6 Å². The van der Waals surface area contributed by atoms with Gasteiger partial charge in [-0.2, -0.15) is 0 Å². The molecule has 0 spiro atoms. The van der Waals surface area contributed by atoms with Crippen molar-refractivity contribution in [1.29, 1.82) is 0 Å². The summed E-state index contributed by atoms with van der Waals surface area (Å²) in [7, 11) is 0. The molecule has 1 aliphatic carbocycles. The molecule has 0 aliphatic heterocycles. The standard InChI is InChI=1S/C51H37NS/c1-51(2)45-21-11-9-18-41(45)44-33-39(29-31-46(44)51)52(38-27-24-35(25-28-38)34-14-5-3-6-15-34)47-22-13-20-40(36-16-7-4-8-17-36)50(47)37-26-30-43-42-19-10-12-23-48(42)53-49(43)32-37/h3-33H,1-2H3. The molecule has 252 valence electrons. The Bertz CT molecular complexity index is 2790. The third-order valence-electron chi connectivity index (χ3n) is 11.1. The van der Waals surface area contributed by atoms with Crippen LogP contribution >= 0.6 is 11.3 Å². The summed E-state index contributed by atoms with van der Waals surface area (Å²) in [6.07, 6.45) is 0. The van der Waals surface area contributed by atoms with Gasteiger partial charge in [0.25, 0.3) is 0 Å². The molecular formula is C51H37NS. The molecule has 0 saturated heterocycles. The van der Waals surface area contributed by atoms with Crippen molar-refractivity contribution in [2.45, 2.75) is 19.3 Å². The fraction of sp³-hybridized carbons (Fsp3) is 0.0588. The van der Waals surface area contributed by atoms with Gasteiger partial charge in [-0.05, 0) is 92.5 Å². The van der Waals surface area contributed by atoms with Crippen molar-refractivity contribution in [3.05, 3.63) is 199 Å². The lowest BCUT2D eigenvalue weighted by molar-refractivity contribution is 0.660. The predicted molar refractivity (Wildman–Crippen MR) is 228 cm³/mol. The van der Waals surface area contributed by atoms with Crippen LogP contribution in [0.3, 0.4) is 0 Å². The minimum absolute atomic E-state index is 0.0648. The van der Waals surface area contributed by atoms with E-state index in [0.29, 0.717) is 0 Å². The molecule has 53 heavy (non-hydrogen) atoms. The Morgan fingerprint density at radius 2 is 1.00 bits per heavy atom. The first kappa shape index (κ1) is 31.5. The van der Waals surface area contributed by atoms with E-state index in [9.17, 15) is 0 Å². The highest BCUT2D eigenvalue weighted by molar-refractivity contribution is 7.25. The van der Waals surface area contributed by atoms with Crippen LogP contribution in [-0.4, -0.2) is 0 Å². The molecule has 0 amide bonds. The third-order valence-corrected chi connectivity index (χ3v) is 12.2. The van der Waals surface area contributed by atoms with Gasteiger partial charge in [0.1, 0.15) is 0 Å². The molecule has 1 heterocycles. The van der Waals surface area contributed by atoms with Gasteiger partial charge in [0, 0.05) is 42.5 Å². The lowest BCUT2D eigenvalue weighted by Gasteiger charge is -2.30. The topological polar surface area (TPSA) is 3.24 Å². The summed E-state index contributed by atoms with van der Waals surface area (Å²) in [5.41, 5.74) is 16.0. The molecule has 1 aliphatic rings. The van der Waals surface area contributed by atoms with Crippen molar-refractivity contribution in [3.63, 3.8) is 0 Å². The summed E-state index contributed by atoms with van der Waals surface area (Å²) < 4.78 is 2.62. The molecule has 9 aromatic rings. The summed E-state index contributed by atoms with van der Waals surface area (Å²) in [5, 5.41) is 2.62. The Labute approximate surface area is 315 Å². The van der Waals surface area contributed by atoms with Crippen molar-refractivity contribution in [3.8, 4) is 44.5 Å². The molecule has 0 fully saturated rings. The van der Waals surface area contributed by atoms with Crippen molar-refractivity contribution < 1.29 is 0 Å². The van der Waals surface area contributed by atoms with E-state index in [1.807, 2.05) is 11.3 Å². The number of rotatable bonds is 6. The van der Waals surface area contributed by atoms with Crippen LogP contribution in [0.1, 0.15) is 25.0 Å². The Kier molecular flexibility index (Phi) is 7.42. The molecule has 0 bridgehead atoms. The minimum atomic E-state index is -0.0648. The van der Waals surface area contributed by atoms with Gasteiger partial charge in [-0.15, -0.1) is 11.3 Å². The summed E-state index contributed by atoms with van der Waals surface area (Å²) in [5.74, 6) is 0. The molecule has 1 nitrogen and oxygen atoms in total. The summed E-state index contributed by atoms with van der Waals surface area (Å²) in [6, 6.07) is 69.2. The summed E-state index contributed by atoms with van der Waals surface area (Å²) in [6.45, 7) is 4.70. The van der Waals surface area contributed by atoms with Crippen LogP contribution in [0.15, 0.2) is 188 Å². The smallest absolute Gasteiger partial charge is 0.0546 e. The molecule has 0 radical (unpaired) electrons. The maximum atomic E-state index is 2.47. The summed E-state index contributed by atoms with van der Waals surface area (Å²) >= 11 is 1.87. The van der Waals surface area contributed by atoms with E-state index in [-0.39, 0.29) is 5.41 Å². The molecular weight excluding hydrogens is 659 g/mol. The normalized spacial score (nSPS) is 12.9. The highest BCUT2D eigenvalue weighted by Gasteiger charge is 2.35. The fourth-order valence-corrected chi connectivity index (χ4v) is 9.62. The second-order valence-electron chi connectivity index (χ2n) is 14.5. The Balaban J connectivity index is 1.23. The molecule has 0 N–H and O–H groups in total. The number of thiophene rings is 1. The number of anilines is 3. The first-order chi connectivity index (χ1) is 26.0. The predicted octanol–water partition coefficient (Wildman–Crippen LogP) is 14.8. The first-order valence-electron chi connectivity index (χ1n) is 18.3. The van der Waals surface area contributed by atoms with E-state index in [1.165, 1.54) is 75.8 Å². The van der Waals surface area contributed by atoms with Crippen LogP contribution in [0, 0.1) is 0 Å². The van der Waals surface area contributed by atoms with Crippen LogP contribution in [0.4, 0.5) is 17.1 Å². The maximum absolute atomic E-state index is 2.47. The van der Waals surface area contributed by atoms with Crippen LogP contribution in [0.25, 0.3) is 64.7 Å². The fourth-order valence-electron chi connectivity index (χ4n) is 8.48. The van der Waals surface area contributed by atoms with Crippen molar-refractivity contribution in [1.82, 2.24) is 0 Å². The number of fused-ring (bicyclic) bond motifs is 6. The monoisotopic (exact) mass is 695 g/mol. The zero-order valence-corrected chi connectivity index (χ0v) is 30.6. The molecule has 2 heteroatoms. The van der Waals surface area contributed by atoms with Crippen molar-refractivity contribution in [2.75, 3.05) is 4.90 Å². The van der Waals surface area contributed by atoms with Gasteiger partial charge in [-0.25, -0.2) is 0 Å². The van der Waals surface area contributed by atoms with E-state index < -0.39 is 0 Å². The second kappa shape index (κ2) is 12.5. The molecule has 10 rings (SSSR count). The first-order valence-corrected chi connectivity index (χ1v) is 19.2. The van der Waals surface area contributed by atoms with Gasteiger partial charge in [-0.1, -0.05) is 159 Å². The average molecular weight is 696 g/mol. The number of hydrogen-bond donors (Lipinski definition) is 0. The maximum Gasteiger partial charge on any atom is 0.0546 e. The molecule has 0 unspecified atom stereocenters. The molecule has 1 aromatic heterocycles. The van der Waals surface area contributed by atoms with Crippen LogP contribution in [0.2, 0.25) is 0 Å². The van der Waals surface area contributed by atoms with Crippen LogP contribution in [-0.2, 0) is 5.41 Å². The average Bonchev–Trinajstić information content (AvgIpc) is 3.70. The highest BCUT2D eigenvalue weighted by atomic mass is 32.1. The van der Waals surface area contributed by atoms with Gasteiger partial charge in [0.15, 0.2) is 0 Å². The van der Waals surface area contributed by atoms with Gasteiger partial charge >= 0.3 is 0 Å². The van der Waals surface area contributed by atoms with Crippen LogP contribution in [0.5, 0.6) is 0 Å². The lowest BCUT2D eigenvalue weighted by Crippen LogP contribution is -2.15. The van der Waals surface area contributed by atoms with Crippen LogP contribution < -0.4 is 4.90 Å². The second-order valence-corrected chi connectivity index (χ2v) is 15.6. The van der Waals surface area contributed by atoms with Gasteiger partial charge in [0.2, 0.25) is 0 Å². The third kappa shape index (κ3) is 5.21. The quantitative estimate of drug-likeness (QED) is 0.167. The van der Waals surface area contributed by atoms with Gasteiger partial charge in [0.05, 0.1) is 5.69 Å². The Hall–Kier alpha value is -6.22. The van der Waals surface area contributed by atoms with E-state index in [2.05, 4.69) is 207 Å². The Morgan fingerprint density at radius 3 is 1.81 bits per heavy atom. The SMILES string of the molecule is CC1(C)c2ccccc2-c2cc(N(c3ccc(-c4ccccc4)cc3)c3cccc(-c4ccccc4)c3-c3ccc4c(c3)sc3ccccc34)ccc21. The minimum Gasteiger partial charge on any atom is -0.310 e. The highest BCUT2D eigenvalue weighted by Crippen LogP contribution is 2.52. The number of nitrogens with zero attached hydrogens (tertiary/aromatic N) is 1. The molecule has 8 aromatic carbocycles. The largest absolute Gasteiger partial charge is 0.310 e.